The SMILES string of the molecule is COc1ccc(C)cc1-n1c(SCC(=O)Nc2ccc(Cl)c(Cl)c2)nc2c([nH]c3ccccc32)c1=O. The van der Waals surface area contributed by atoms with E-state index in [0.717, 1.165) is 28.2 Å². The van der Waals surface area contributed by atoms with E-state index in [1.54, 1.807) is 31.4 Å². The number of para-hydroxylation sites is 1. The monoisotopic (exact) mass is 538 g/mol. The highest BCUT2D eigenvalue weighted by atomic mass is 35.5. The van der Waals surface area contributed by atoms with Gasteiger partial charge in [-0.25, -0.2) is 9.55 Å². The van der Waals surface area contributed by atoms with Gasteiger partial charge in [-0.2, -0.15) is 0 Å². The lowest BCUT2D eigenvalue weighted by atomic mass is 10.2. The molecule has 0 atom stereocenters. The first kappa shape index (κ1) is 24.2. The molecule has 0 fully saturated rings. The first-order valence-corrected chi connectivity index (χ1v) is 12.7. The summed E-state index contributed by atoms with van der Waals surface area (Å²) in [6, 6.07) is 18.0. The van der Waals surface area contributed by atoms with Crippen LogP contribution in [0.25, 0.3) is 27.6 Å². The van der Waals surface area contributed by atoms with Crippen molar-refractivity contribution in [2.45, 2.75) is 12.1 Å². The molecule has 5 rings (SSSR count). The third kappa shape index (κ3) is 4.55. The lowest BCUT2D eigenvalue weighted by Gasteiger charge is -2.15. The smallest absolute Gasteiger partial charge is 0.283 e. The molecule has 0 aliphatic rings. The Morgan fingerprint density at radius 3 is 2.69 bits per heavy atom. The third-order valence-electron chi connectivity index (χ3n) is 5.61. The van der Waals surface area contributed by atoms with Crippen molar-refractivity contribution in [2.75, 3.05) is 18.2 Å². The molecule has 0 unspecified atom stereocenters. The Morgan fingerprint density at radius 2 is 1.92 bits per heavy atom. The number of nitrogens with zero attached hydrogens (tertiary/aromatic N) is 2. The maximum Gasteiger partial charge on any atom is 0.283 e. The molecule has 2 heterocycles. The Morgan fingerprint density at radius 1 is 1.11 bits per heavy atom. The van der Waals surface area contributed by atoms with Gasteiger partial charge in [0.1, 0.15) is 16.8 Å². The number of H-pyrrole nitrogens is 1. The quantitative estimate of drug-likeness (QED) is 0.198. The number of methoxy groups -OCH3 is 1. The summed E-state index contributed by atoms with van der Waals surface area (Å²) < 4.78 is 7.04. The number of fused-ring (bicyclic) bond motifs is 3. The van der Waals surface area contributed by atoms with E-state index in [1.807, 2.05) is 43.3 Å². The van der Waals surface area contributed by atoms with Gasteiger partial charge in [-0.1, -0.05) is 59.2 Å². The van der Waals surface area contributed by atoms with Crippen molar-refractivity contribution in [1.82, 2.24) is 14.5 Å². The average molecular weight is 539 g/mol. The number of benzene rings is 3. The molecule has 0 aliphatic heterocycles. The number of nitrogens with one attached hydrogen (secondary N) is 2. The molecule has 2 aromatic heterocycles. The number of aryl methyl sites for hydroxylation is 1. The number of halogens is 2. The van der Waals surface area contributed by atoms with Crippen LogP contribution >= 0.6 is 35.0 Å². The Labute approximate surface area is 220 Å². The summed E-state index contributed by atoms with van der Waals surface area (Å²) in [5.74, 6) is 0.241. The number of ether oxygens (including phenoxy) is 1. The van der Waals surface area contributed by atoms with Crippen molar-refractivity contribution in [2.24, 2.45) is 0 Å². The van der Waals surface area contributed by atoms with Crippen molar-refractivity contribution >= 4 is 68.5 Å². The zero-order valence-electron chi connectivity index (χ0n) is 19.3. The fourth-order valence-corrected chi connectivity index (χ4v) is 5.02. The zero-order valence-corrected chi connectivity index (χ0v) is 21.6. The molecule has 3 aromatic carbocycles. The number of carbonyl (C=O) groups excluding carboxylic acids is 1. The summed E-state index contributed by atoms with van der Waals surface area (Å²) in [4.78, 5) is 34.6. The molecule has 0 saturated heterocycles. The average Bonchev–Trinajstić information content (AvgIpc) is 3.24. The lowest BCUT2D eigenvalue weighted by molar-refractivity contribution is -0.113. The van der Waals surface area contributed by atoms with Crippen molar-refractivity contribution < 1.29 is 9.53 Å². The second-order valence-corrected chi connectivity index (χ2v) is 9.83. The Kier molecular flexibility index (Phi) is 6.66. The number of carbonyl (C=O) groups is 1. The van der Waals surface area contributed by atoms with Gasteiger partial charge in [-0.05, 0) is 48.9 Å². The molecule has 10 heteroatoms. The van der Waals surface area contributed by atoms with Gasteiger partial charge in [0, 0.05) is 16.6 Å². The van der Waals surface area contributed by atoms with E-state index in [1.165, 1.54) is 4.57 Å². The third-order valence-corrected chi connectivity index (χ3v) is 7.28. The van der Waals surface area contributed by atoms with E-state index in [9.17, 15) is 9.59 Å². The van der Waals surface area contributed by atoms with Gasteiger partial charge in [0.2, 0.25) is 5.91 Å². The van der Waals surface area contributed by atoms with E-state index in [0.29, 0.717) is 43.4 Å². The van der Waals surface area contributed by atoms with Crippen molar-refractivity contribution in [3.63, 3.8) is 0 Å². The van der Waals surface area contributed by atoms with Gasteiger partial charge in [0.25, 0.3) is 5.56 Å². The standard InChI is InChI=1S/C26H20Cl2N4O3S/c1-14-7-10-21(35-2)20(11-14)32-25(34)24-23(16-5-3-4-6-19(16)30-24)31-26(32)36-13-22(33)29-15-8-9-17(27)18(28)12-15/h3-12,30H,13H2,1-2H3,(H,29,33). The molecule has 2 N–H and O–H groups in total. The summed E-state index contributed by atoms with van der Waals surface area (Å²) in [5, 5.41) is 4.73. The zero-order chi connectivity index (χ0) is 25.4. The van der Waals surface area contributed by atoms with Crippen molar-refractivity contribution in [3.05, 3.63) is 86.6 Å². The van der Waals surface area contributed by atoms with E-state index in [-0.39, 0.29) is 17.2 Å². The van der Waals surface area contributed by atoms with E-state index in [2.05, 4.69) is 10.3 Å². The molecular formula is C26H20Cl2N4O3S. The predicted molar refractivity (Wildman–Crippen MR) is 146 cm³/mol. The van der Waals surface area contributed by atoms with Gasteiger partial charge in [-0.3, -0.25) is 9.59 Å². The summed E-state index contributed by atoms with van der Waals surface area (Å²) in [6.07, 6.45) is 0. The molecule has 1 amide bonds. The van der Waals surface area contributed by atoms with Crippen LogP contribution in [0, 0.1) is 6.92 Å². The topological polar surface area (TPSA) is 89.0 Å². The van der Waals surface area contributed by atoms with Gasteiger partial charge < -0.3 is 15.0 Å². The number of anilines is 1. The minimum atomic E-state index is -0.285. The summed E-state index contributed by atoms with van der Waals surface area (Å²) >= 11 is 13.2. The number of aromatic nitrogens is 3. The minimum absolute atomic E-state index is 0.00861. The maximum absolute atomic E-state index is 13.8. The van der Waals surface area contributed by atoms with Gasteiger partial charge in [0.15, 0.2) is 5.16 Å². The number of rotatable bonds is 6. The van der Waals surface area contributed by atoms with Crippen LogP contribution in [0.2, 0.25) is 10.0 Å². The van der Waals surface area contributed by atoms with Gasteiger partial charge in [0.05, 0.1) is 28.6 Å². The van der Waals surface area contributed by atoms with E-state index in [4.69, 9.17) is 32.9 Å². The van der Waals surface area contributed by atoms with Crippen molar-refractivity contribution in [1.29, 1.82) is 0 Å². The maximum atomic E-state index is 13.8. The Balaban J connectivity index is 1.59. The Bertz CT molecular complexity index is 1700. The summed E-state index contributed by atoms with van der Waals surface area (Å²) in [6.45, 7) is 1.93. The number of hydrogen-bond donors (Lipinski definition) is 2. The largest absolute Gasteiger partial charge is 0.495 e. The highest BCUT2D eigenvalue weighted by molar-refractivity contribution is 7.99. The predicted octanol–water partition coefficient (Wildman–Crippen LogP) is 6.22. The molecule has 0 aliphatic carbocycles. The van der Waals surface area contributed by atoms with E-state index >= 15 is 0 Å². The molecule has 0 spiro atoms. The summed E-state index contributed by atoms with van der Waals surface area (Å²) in [7, 11) is 1.55. The number of aromatic amines is 1. The van der Waals surface area contributed by atoms with Crippen LogP contribution in [0.3, 0.4) is 0 Å². The second kappa shape index (κ2) is 9.89. The van der Waals surface area contributed by atoms with Crippen LogP contribution in [-0.2, 0) is 4.79 Å². The van der Waals surface area contributed by atoms with Crippen LogP contribution in [0.5, 0.6) is 5.75 Å². The minimum Gasteiger partial charge on any atom is -0.495 e. The van der Waals surface area contributed by atoms with E-state index < -0.39 is 0 Å². The van der Waals surface area contributed by atoms with Gasteiger partial charge >= 0.3 is 0 Å². The molecule has 182 valence electrons. The first-order valence-electron chi connectivity index (χ1n) is 10.9. The normalized spacial score (nSPS) is 11.2. The number of amides is 1. The van der Waals surface area contributed by atoms with Crippen LogP contribution in [0.1, 0.15) is 5.56 Å². The molecule has 7 nitrogen and oxygen atoms in total. The Hall–Kier alpha value is -3.46. The fourth-order valence-electron chi connectivity index (χ4n) is 3.93. The molecule has 0 bridgehead atoms. The lowest BCUT2D eigenvalue weighted by Crippen LogP contribution is -2.23. The van der Waals surface area contributed by atoms with Gasteiger partial charge in [-0.15, -0.1) is 0 Å². The second-order valence-electron chi connectivity index (χ2n) is 8.07. The highest BCUT2D eigenvalue weighted by Gasteiger charge is 2.20. The number of hydrogen-bond acceptors (Lipinski definition) is 5. The molecule has 5 aromatic rings. The highest BCUT2D eigenvalue weighted by Crippen LogP contribution is 2.31. The molecule has 36 heavy (non-hydrogen) atoms. The first-order chi connectivity index (χ1) is 17.4. The number of thioether (sulfide) groups is 1. The van der Waals surface area contributed by atoms with Crippen LogP contribution in [0.15, 0.2) is 70.6 Å². The molecule has 0 radical (unpaired) electrons. The van der Waals surface area contributed by atoms with Crippen LogP contribution in [0.4, 0.5) is 5.69 Å². The summed E-state index contributed by atoms with van der Waals surface area (Å²) in [5.41, 5.74) is 3.46. The van der Waals surface area contributed by atoms with Crippen molar-refractivity contribution in [3.8, 4) is 11.4 Å². The molecular weight excluding hydrogens is 519 g/mol. The fraction of sp³-hybridized carbons (Fsp3) is 0.115. The van der Waals surface area contributed by atoms with Crippen LogP contribution in [-0.4, -0.2) is 33.3 Å². The molecule has 0 saturated carbocycles. The van der Waals surface area contributed by atoms with Crippen LogP contribution < -0.4 is 15.6 Å².